The number of hydrogen-bond donors (Lipinski definition) is 0. The lowest BCUT2D eigenvalue weighted by molar-refractivity contribution is -0.00575. The SMILES string of the molecule is C=CC(C)OCC(COC(C)C=C)COP(=O)(F)F. The molecule has 0 fully saturated rings. The minimum Gasteiger partial charge on any atom is -0.374 e. The van der Waals surface area contributed by atoms with E-state index in [1.165, 1.54) is 0 Å². The van der Waals surface area contributed by atoms with Crippen molar-refractivity contribution in [2.45, 2.75) is 26.1 Å². The molecule has 0 saturated carbocycles. The van der Waals surface area contributed by atoms with Crippen molar-refractivity contribution in [2.75, 3.05) is 19.8 Å². The van der Waals surface area contributed by atoms with Gasteiger partial charge in [-0.2, -0.15) is 0 Å². The molecule has 0 N–H and O–H groups in total. The molecule has 0 bridgehead atoms. The molecule has 0 aliphatic rings. The van der Waals surface area contributed by atoms with Gasteiger partial charge in [0, 0.05) is 5.92 Å². The third kappa shape index (κ3) is 11.0. The van der Waals surface area contributed by atoms with E-state index in [-0.39, 0.29) is 25.4 Å². The van der Waals surface area contributed by atoms with Gasteiger partial charge in [-0.3, -0.25) is 4.52 Å². The summed E-state index contributed by atoms with van der Waals surface area (Å²) >= 11 is 0. The van der Waals surface area contributed by atoms with Gasteiger partial charge in [-0.05, 0) is 13.8 Å². The molecule has 0 aromatic rings. The molecule has 7 heteroatoms. The standard InChI is InChI=1S/C12H21F2O4P/c1-5-10(3)16-7-12(8-17-11(4)6-2)9-18-19(13,14)15/h5-6,10-12H,1-2,7-9H2,3-4H3. The first kappa shape index (κ1) is 18.4. The summed E-state index contributed by atoms with van der Waals surface area (Å²) in [5, 5.41) is 0. The van der Waals surface area contributed by atoms with Gasteiger partial charge in [0.2, 0.25) is 0 Å². The molecule has 2 atom stereocenters. The molecule has 0 radical (unpaired) electrons. The van der Waals surface area contributed by atoms with E-state index in [1.807, 2.05) is 0 Å². The number of ether oxygens (including phenoxy) is 2. The van der Waals surface area contributed by atoms with Crippen molar-refractivity contribution < 1.29 is 27.0 Å². The minimum atomic E-state index is -5.48. The second kappa shape index (κ2) is 9.37. The highest BCUT2D eigenvalue weighted by atomic mass is 31.2. The highest BCUT2D eigenvalue weighted by molar-refractivity contribution is 7.47. The predicted molar refractivity (Wildman–Crippen MR) is 70.5 cm³/mol. The van der Waals surface area contributed by atoms with Crippen molar-refractivity contribution in [3.8, 4) is 0 Å². The van der Waals surface area contributed by atoms with E-state index in [0.717, 1.165) is 0 Å². The van der Waals surface area contributed by atoms with Crippen LogP contribution in [0.25, 0.3) is 0 Å². The van der Waals surface area contributed by atoms with Gasteiger partial charge in [0.15, 0.2) is 0 Å². The third-order valence-corrected chi connectivity index (χ3v) is 2.76. The first-order valence-electron chi connectivity index (χ1n) is 5.90. The van der Waals surface area contributed by atoms with Gasteiger partial charge in [-0.15, -0.1) is 21.6 Å². The Morgan fingerprint density at radius 3 is 1.79 bits per heavy atom. The second-order valence-corrected chi connectivity index (χ2v) is 5.21. The summed E-state index contributed by atoms with van der Waals surface area (Å²) in [4.78, 5) is 0. The van der Waals surface area contributed by atoms with E-state index >= 15 is 0 Å². The van der Waals surface area contributed by atoms with Gasteiger partial charge in [-0.25, -0.2) is 4.57 Å². The van der Waals surface area contributed by atoms with Crippen LogP contribution in [0.3, 0.4) is 0 Å². The molecule has 19 heavy (non-hydrogen) atoms. The van der Waals surface area contributed by atoms with Gasteiger partial charge in [0.1, 0.15) is 0 Å². The summed E-state index contributed by atoms with van der Waals surface area (Å²) in [6.45, 7) is 10.5. The smallest absolute Gasteiger partial charge is 0.374 e. The Kier molecular flexibility index (Phi) is 9.10. The molecule has 0 rings (SSSR count). The predicted octanol–water partition coefficient (Wildman–Crippen LogP) is 3.85. The van der Waals surface area contributed by atoms with Crippen LogP contribution in [-0.2, 0) is 18.6 Å². The molecule has 0 amide bonds. The molecule has 2 unspecified atom stereocenters. The molecule has 0 heterocycles. The van der Waals surface area contributed by atoms with Crippen LogP contribution in [0.2, 0.25) is 0 Å². The highest BCUT2D eigenvalue weighted by Gasteiger charge is 2.23. The fourth-order valence-electron chi connectivity index (χ4n) is 1.05. The number of rotatable bonds is 11. The van der Waals surface area contributed by atoms with Crippen LogP contribution in [0.1, 0.15) is 13.8 Å². The molecular weight excluding hydrogens is 277 g/mol. The average molecular weight is 298 g/mol. The molecule has 0 aromatic heterocycles. The maximum atomic E-state index is 12.2. The largest absolute Gasteiger partial charge is 0.551 e. The van der Waals surface area contributed by atoms with E-state index < -0.39 is 20.5 Å². The van der Waals surface area contributed by atoms with E-state index in [1.54, 1.807) is 26.0 Å². The monoisotopic (exact) mass is 298 g/mol. The maximum absolute atomic E-state index is 12.2. The fourth-order valence-corrected chi connectivity index (χ4v) is 1.43. The maximum Gasteiger partial charge on any atom is 0.551 e. The van der Waals surface area contributed by atoms with Crippen LogP contribution in [0.4, 0.5) is 8.39 Å². The Bertz CT molecular complexity index is 301. The Morgan fingerprint density at radius 2 is 1.47 bits per heavy atom. The Morgan fingerprint density at radius 1 is 1.05 bits per heavy atom. The fraction of sp³-hybridized carbons (Fsp3) is 0.667. The molecule has 0 saturated heterocycles. The van der Waals surface area contributed by atoms with E-state index in [0.29, 0.717) is 0 Å². The van der Waals surface area contributed by atoms with Crippen molar-refractivity contribution in [3.63, 3.8) is 0 Å². The van der Waals surface area contributed by atoms with Gasteiger partial charge in [-0.1, -0.05) is 12.2 Å². The second-order valence-electron chi connectivity index (χ2n) is 4.12. The first-order valence-corrected chi connectivity index (χ1v) is 7.31. The van der Waals surface area contributed by atoms with Crippen molar-refractivity contribution in [3.05, 3.63) is 25.3 Å². The Hall–Kier alpha value is -0.550. The van der Waals surface area contributed by atoms with E-state index in [4.69, 9.17) is 9.47 Å². The van der Waals surface area contributed by atoms with Crippen molar-refractivity contribution in [2.24, 2.45) is 5.92 Å². The van der Waals surface area contributed by atoms with Gasteiger partial charge < -0.3 is 9.47 Å². The third-order valence-electron chi connectivity index (χ3n) is 2.31. The van der Waals surface area contributed by atoms with Crippen LogP contribution in [-0.4, -0.2) is 32.0 Å². The summed E-state index contributed by atoms with van der Waals surface area (Å²) in [5.74, 6) is -0.440. The lowest BCUT2D eigenvalue weighted by atomic mass is 10.2. The van der Waals surface area contributed by atoms with Gasteiger partial charge >= 0.3 is 7.99 Å². The van der Waals surface area contributed by atoms with Crippen LogP contribution in [0, 0.1) is 5.92 Å². The Labute approximate surface area is 113 Å². The quantitative estimate of drug-likeness (QED) is 0.429. The zero-order valence-corrected chi connectivity index (χ0v) is 12.2. The zero-order chi connectivity index (χ0) is 14.9. The van der Waals surface area contributed by atoms with Gasteiger partial charge in [0.05, 0.1) is 32.0 Å². The lowest BCUT2D eigenvalue weighted by Crippen LogP contribution is -2.24. The molecule has 0 aromatic carbocycles. The summed E-state index contributed by atoms with van der Waals surface area (Å²) < 4.78 is 49.4. The summed E-state index contributed by atoms with van der Waals surface area (Å²) in [7, 11) is -5.48. The van der Waals surface area contributed by atoms with Crippen LogP contribution in [0.5, 0.6) is 0 Å². The zero-order valence-electron chi connectivity index (χ0n) is 11.3. The summed E-state index contributed by atoms with van der Waals surface area (Å²) in [5.41, 5.74) is 0. The lowest BCUT2D eigenvalue weighted by Gasteiger charge is -2.20. The minimum absolute atomic E-state index is 0.150. The van der Waals surface area contributed by atoms with E-state index in [2.05, 4.69) is 17.7 Å². The molecule has 0 aliphatic heterocycles. The van der Waals surface area contributed by atoms with Crippen LogP contribution < -0.4 is 0 Å². The molecule has 0 spiro atoms. The number of hydrogen-bond acceptors (Lipinski definition) is 4. The highest BCUT2D eigenvalue weighted by Crippen LogP contribution is 2.50. The molecular formula is C12H21F2O4P. The van der Waals surface area contributed by atoms with E-state index in [9.17, 15) is 13.0 Å². The van der Waals surface area contributed by atoms with Gasteiger partial charge in [0.25, 0.3) is 0 Å². The molecule has 112 valence electrons. The van der Waals surface area contributed by atoms with Crippen molar-refractivity contribution >= 4 is 7.99 Å². The number of halogens is 2. The van der Waals surface area contributed by atoms with Crippen LogP contribution in [0.15, 0.2) is 25.3 Å². The molecule has 0 aliphatic carbocycles. The van der Waals surface area contributed by atoms with Crippen LogP contribution >= 0.6 is 7.99 Å². The average Bonchev–Trinajstić information content (AvgIpc) is 2.35. The Balaban J connectivity index is 4.24. The van der Waals surface area contributed by atoms with Crippen molar-refractivity contribution in [1.29, 1.82) is 0 Å². The first-order chi connectivity index (χ1) is 8.78. The van der Waals surface area contributed by atoms with Crippen molar-refractivity contribution in [1.82, 2.24) is 0 Å². The summed E-state index contributed by atoms with van der Waals surface area (Å²) in [6.07, 6.45) is 2.75. The summed E-state index contributed by atoms with van der Waals surface area (Å²) in [6, 6.07) is 0. The molecule has 4 nitrogen and oxygen atoms in total. The topological polar surface area (TPSA) is 44.8 Å². The normalized spacial score (nSPS) is 16.6.